The van der Waals surface area contributed by atoms with E-state index in [9.17, 15) is 26.8 Å². The maximum atomic E-state index is 13.9. The van der Waals surface area contributed by atoms with E-state index in [-0.39, 0.29) is 28.5 Å². The Balaban J connectivity index is 1.74. The Labute approximate surface area is 192 Å². The van der Waals surface area contributed by atoms with Crippen molar-refractivity contribution in [2.24, 2.45) is 0 Å². The number of nitrogens with zero attached hydrogens (tertiary/aromatic N) is 2. The van der Waals surface area contributed by atoms with Crippen LogP contribution in [-0.2, 0) is 30.8 Å². The van der Waals surface area contributed by atoms with Gasteiger partial charge in [0.15, 0.2) is 9.84 Å². The second-order valence-electron chi connectivity index (χ2n) is 7.77. The van der Waals surface area contributed by atoms with Gasteiger partial charge < -0.3 is 4.90 Å². The van der Waals surface area contributed by atoms with Gasteiger partial charge in [0.25, 0.3) is 10.8 Å². The quantitative estimate of drug-likeness (QED) is 0.562. The maximum Gasteiger partial charge on any atom is 0.274 e. The number of para-hydroxylation sites is 1. The minimum Gasteiger partial charge on any atom is -0.304 e. The van der Waals surface area contributed by atoms with E-state index in [1.807, 2.05) is 0 Å². The molecule has 1 atom stereocenters. The molecular weight excluding hydrogens is 474 g/mol. The average Bonchev–Trinajstić information content (AvgIpc) is 3.13. The van der Waals surface area contributed by atoms with E-state index >= 15 is 0 Å². The number of fused-ring (bicyclic) bond motifs is 2. The van der Waals surface area contributed by atoms with Gasteiger partial charge in [0, 0.05) is 11.3 Å². The molecular formula is C23H15ClF2N2O4S. The van der Waals surface area contributed by atoms with E-state index in [0.717, 1.165) is 17.0 Å². The number of hydrogen-bond acceptors (Lipinski definition) is 4. The Kier molecular flexibility index (Phi) is 4.80. The lowest BCUT2D eigenvalue weighted by molar-refractivity contribution is -0.123. The molecule has 0 bridgehead atoms. The molecule has 10 heteroatoms. The minimum atomic E-state index is -4.38. The van der Waals surface area contributed by atoms with Crippen molar-refractivity contribution in [1.29, 1.82) is 0 Å². The van der Waals surface area contributed by atoms with E-state index in [4.69, 9.17) is 11.6 Å². The Morgan fingerprint density at radius 3 is 2.45 bits per heavy atom. The fourth-order valence-corrected chi connectivity index (χ4v) is 6.70. The molecule has 6 nitrogen and oxygen atoms in total. The van der Waals surface area contributed by atoms with Crippen LogP contribution in [0.5, 0.6) is 0 Å². The number of sulfone groups is 1. The molecule has 2 heterocycles. The second-order valence-corrected chi connectivity index (χ2v) is 10.3. The summed E-state index contributed by atoms with van der Waals surface area (Å²) in [5.74, 6) is -3.88. The van der Waals surface area contributed by atoms with Crippen LogP contribution in [0.2, 0.25) is 5.02 Å². The maximum absolute atomic E-state index is 13.9. The zero-order valence-corrected chi connectivity index (χ0v) is 18.4. The molecule has 0 saturated carbocycles. The van der Waals surface area contributed by atoms with Gasteiger partial charge in [-0.15, -0.1) is 0 Å². The Morgan fingerprint density at radius 1 is 0.970 bits per heavy atom. The van der Waals surface area contributed by atoms with E-state index in [2.05, 4.69) is 0 Å². The molecule has 0 N–H and O–H groups in total. The zero-order valence-electron chi connectivity index (χ0n) is 16.8. The lowest BCUT2D eigenvalue weighted by atomic mass is 10.0. The van der Waals surface area contributed by atoms with Gasteiger partial charge in [-0.25, -0.2) is 17.2 Å². The van der Waals surface area contributed by atoms with Gasteiger partial charge in [-0.1, -0.05) is 41.9 Å². The van der Waals surface area contributed by atoms with Gasteiger partial charge in [-0.2, -0.15) is 0 Å². The lowest BCUT2D eigenvalue weighted by Crippen LogP contribution is -2.54. The number of amides is 2. The molecule has 1 fully saturated rings. The van der Waals surface area contributed by atoms with Crippen molar-refractivity contribution < 1.29 is 26.8 Å². The molecule has 0 aliphatic carbocycles. The first-order valence-electron chi connectivity index (χ1n) is 9.83. The predicted molar refractivity (Wildman–Crippen MR) is 118 cm³/mol. The van der Waals surface area contributed by atoms with E-state index in [0.29, 0.717) is 5.56 Å². The van der Waals surface area contributed by atoms with Gasteiger partial charge in [0.2, 0.25) is 5.91 Å². The summed E-state index contributed by atoms with van der Waals surface area (Å²) < 4.78 is 54.5. The van der Waals surface area contributed by atoms with Gasteiger partial charge in [-0.3, -0.25) is 14.5 Å². The standard InChI is InChI=1S/C23H15ClF2N2O4S/c24-18-11-16(8-9-19(18)26)28-21(29)13-33(31,32)23(28)17-6-1-2-7-20(17)27(22(23)30)12-14-4-3-5-15(25)10-14/h1-11H,12-13H2/t23-/m1/s1. The topological polar surface area (TPSA) is 74.8 Å². The summed E-state index contributed by atoms with van der Waals surface area (Å²) in [5, 5.41) is -0.324. The van der Waals surface area contributed by atoms with Crippen molar-refractivity contribution in [2.75, 3.05) is 15.6 Å². The molecule has 33 heavy (non-hydrogen) atoms. The van der Waals surface area contributed by atoms with E-state index < -0.39 is 43.9 Å². The van der Waals surface area contributed by atoms with Crippen LogP contribution in [0.1, 0.15) is 11.1 Å². The van der Waals surface area contributed by atoms with Gasteiger partial charge in [0.1, 0.15) is 17.4 Å². The van der Waals surface area contributed by atoms with Crippen LogP contribution in [0.25, 0.3) is 0 Å². The van der Waals surface area contributed by atoms with Gasteiger partial charge in [0.05, 0.1) is 17.3 Å². The number of benzene rings is 3. The van der Waals surface area contributed by atoms with Crippen molar-refractivity contribution in [2.45, 2.75) is 11.4 Å². The Morgan fingerprint density at radius 2 is 1.73 bits per heavy atom. The van der Waals surface area contributed by atoms with Crippen molar-refractivity contribution in [3.8, 4) is 0 Å². The first-order valence-corrected chi connectivity index (χ1v) is 11.9. The predicted octanol–water partition coefficient (Wildman–Crippen LogP) is 3.78. The molecule has 0 radical (unpaired) electrons. The highest BCUT2D eigenvalue weighted by atomic mass is 35.5. The molecule has 3 aromatic rings. The number of carbonyl (C=O) groups is 2. The molecule has 0 unspecified atom stereocenters. The van der Waals surface area contributed by atoms with Gasteiger partial charge >= 0.3 is 0 Å². The minimum absolute atomic E-state index is 0.0248. The van der Waals surface area contributed by atoms with Crippen molar-refractivity contribution in [1.82, 2.24) is 0 Å². The Hall–Kier alpha value is -3.30. The molecule has 5 rings (SSSR count). The summed E-state index contributed by atoms with van der Waals surface area (Å²) >= 11 is 5.90. The highest BCUT2D eigenvalue weighted by Gasteiger charge is 2.69. The fourth-order valence-electron chi connectivity index (χ4n) is 4.49. The Bertz CT molecular complexity index is 1450. The first-order chi connectivity index (χ1) is 15.7. The molecule has 1 saturated heterocycles. The first kappa shape index (κ1) is 21.5. The van der Waals surface area contributed by atoms with Crippen molar-refractivity contribution >= 4 is 44.6 Å². The smallest absolute Gasteiger partial charge is 0.274 e. The fraction of sp³-hybridized carbons (Fsp3) is 0.130. The normalized spacial score (nSPS) is 21.2. The average molecular weight is 489 g/mol. The zero-order chi connectivity index (χ0) is 23.5. The third kappa shape index (κ3) is 2.99. The van der Waals surface area contributed by atoms with Crippen molar-refractivity contribution in [3.63, 3.8) is 0 Å². The molecule has 2 aliphatic rings. The summed E-state index contributed by atoms with van der Waals surface area (Å²) in [4.78, 5) is 26.6. The molecule has 2 amide bonds. The summed E-state index contributed by atoms with van der Waals surface area (Å²) in [6.07, 6.45) is 0. The van der Waals surface area contributed by atoms with Crippen LogP contribution in [0.3, 0.4) is 0 Å². The van der Waals surface area contributed by atoms with Crippen molar-refractivity contribution in [3.05, 3.63) is 94.5 Å². The third-order valence-corrected chi connectivity index (χ3v) is 8.21. The van der Waals surface area contributed by atoms with Crippen LogP contribution < -0.4 is 9.80 Å². The largest absolute Gasteiger partial charge is 0.304 e. The summed E-state index contributed by atoms with van der Waals surface area (Å²) in [6.45, 7) is -0.114. The molecule has 0 aromatic heterocycles. The molecule has 2 aliphatic heterocycles. The third-order valence-electron chi connectivity index (χ3n) is 5.81. The second kappa shape index (κ2) is 7.36. The molecule has 3 aromatic carbocycles. The van der Waals surface area contributed by atoms with Crippen LogP contribution >= 0.6 is 11.6 Å². The number of hydrogen-bond donors (Lipinski definition) is 0. The number of rotatable bonds is 3. The number of carbonyl (C=O) groups excluding carboxylic acids is 2. The summed E-state index contributed by atoms with van der Waals surface area (Å²) in [5.41, 5.74) is 0.789. The molecule has 168 valence electrons. The number of anilines is 2. The van der Waals surface area contributed by atoms with Crippen LogP contribution in [0.15, 0.2) is 66.7 Å². The lowest BCUT2D eigenvalue weighted by Gasteiger charge is -2.32. The number of halogens is 3. The van der Waals surface area contributed by atoms with Crippen LogP contribution in [-0.4, -0.2) is 26.0 Å². The van der Waals surface area contributed by atoms with Crippen LogP contribution in [0, 0.1) is 11.6 Å². The monoisotopic (exact) mass is 488 g/mol. The SMILES string of the molecule is O=C1CS(=O)(=O)[C@]2(C(=O)N(Cc3cccc(F)c3)c3ccccc32)N1c1ccc(F)c(Cl)c1. The highest BCUT2D eigenvalue weighted by molar-refractivity contribution is 7.94. The summed E-state index contributed by atoms with van der Waals surface area (Å²) in [6, 6.07) is 15.1. The molecule has 1 spiro atoms. The van der Waals surface area contributed by atoms with E-state index in [1.165, 1.54) is 35.2 Å². The summed E-state index contributed by atoms with van der Waals surface area (Å²) in [7, 11) is -4.38. The highest BCUT2D eigenvalue weighted by Crippen LogP contribution is 2.53. The van der Waals surface area contributed by atoms with Crippen LogP contribution in [0.4, 0.5) is 20.2 Å². The van der Waals surface area contributed by atoms with Gasteiger partial charge in [-0.05, 0) is 42.0 Å². The van der Waals surface area contributed by atoms with E-state index in [1.54, 1.807) is 24.3 Å².